The Hall–Kier alpha value is -2.08. The van der Waals surface area contributed by atoms with Gasteiger partial charge in [0.2, 0.25) is 0 Å². The third-order valence-electron chi connectivity index (χ3n) is 2.84. The third-order valence-corrected chi connectivity index (χ3v) is 3.43. The van der Waals surface area contributed by atoms with E-state index in [0.717, 1.165) is 5.56 Å². The Morgan fingerprint density at radius 1 is 1.43 bits per heavy atom. The fraction of sp³-hybridized carbons (Fsp3) is 0.200. The van der Waals surface area contributed by atoms with Gasteiger partial charge in [-0.15, -0.1) is 0 Å². The van der Waals surface area contributed by atoms with E-state index < -0.39 is 5.97 Å². The van der Waals surface area contributed by atoms with Crippen LogP contribution in [0.3, 0.4) is 0 Å². The zero-order valence-electron chi connectivity index (χ0n) is 11.4. The summed E-state index contributed by atoms with van der Waals surface area (Å²) in [6, 6.07) is 6.76. The molecular weight excluding hydrogens is 338 g/mol. The summed E-state index contributed by atoms with van der Waals surface area (Å²) in [5.74, 6) is -0.143. The lowest BCUT2D eigenvalue weighted by molar-refractivity contribution is 0.0696. The van der Waals surface area contributed by atoms with Crippen molar-refractivity contribution < 1.29 is 19.4 Å². The first kappa shape index (κ1) is 15.3. The number of rotatable bonds is 6. The number of benzene rings is 1. The average Bonchev–Trinajstić information content (AvgIpc) is 2.49. The van der Waals surface area contributed by atoms with Crippen LogP contribution in [0.2, 0.25) is 0 Å². The smallest absolute Gasteiger partial charge is 0.335 e. The van der Waals surface area contributed by atoms with Crippen LogP contribution in [0.1, 0.15) is 15.9 Å². The Kier molecular flexibility index (Phi) is 5.16. The molecule has 0 saturated carbocycles. The van der Waals surface area contributed by atoms with Crippen LogP contribution in [-0.4, -0.2) is 29.8 Å². The molecular formula is C15H14BrNO4. The summed E-state index contributed by atoms with van der Waals surface area (Å²) in [5.41, 5.74) is 1.20. The summed E-state index contributed by atoms with van der Waals surface area (Å²) in [5, 5.41) is 9.02. The highest BCUT2D eigenvalue weighted by atomic mass is 79.9. The summed E-state index contributed by atoms with van der Waals surface area (Å²) in [7, 11) is 1.47. The fourth-order valence-electron chi connectivity index (χ4n) is 1.80. The average molecular weight is 352 g/mol. The van der Waals surface area contributed by atoms with Gasteiger partial charge in [-0.1, -0.05) is 6.07 Å². The highest BCUT2D eigenvalue weighted by Gasteiger charge is 2.14. The molecule has 0 unspecified atom stereocenters. The standard InChI is InChI=1S/C15H14BrNO4/c1-20-13-8-11(15(18)19)7-12(16)14(13)21-6-4-10-3-2-5-17-9-10/h2-3,5,7-9H,4,6H2,1H3,(H,18,19). The van der Waals surface area contributed by atoms with Gasteiger partial charge in [0.25, 0.3) is 0 Å². The van der Waals surface area contributed by atoms with Crippen LogP contribution in [0.4, 0.5) is 0 Å². The Labute approximate surface area is 130 Å². The summed E-state index contributed by atoms with van der Waals surface area (Å²) in [6.07, 6.45) is 4.20. The van der Waals surface area contributed by atoms with E-state index in [2.05, 4.69) is 20.9 Å². The minimum Gasteiger partial charge on any atom is -0.493 e. The van der Waals surface area contributed by atoms with Crippen LogP contribution < -0.4 is 9.47 Å². The van der Waals surface area contributed by atoms with Crippen molar-refractivity contribution in [1.29, 1.82) is 0 Å². The normalized spacial score (nSPS) is 10.2. The number of halogens is 1. The van der Waals surface area contributed by atoms with Crippen molar-refractivity contribution in [3.05, 3.63) is 52.3 Å². The van der Waals surface area contributed by atoms with E-state index in [1.165, 1.54) is 19.2 Å². The zero-order valence-corrected chi connectivity index (χ0v) is 13.0. The number of carbonyl (C=O) groups is 1. The second-order valence-electron chi connectivity index (χ2n) is 4.25. The number of methoxy groups -OCH3 is 1. The number of pyridine rings is 1. The molecule has 0 radical (unpaired) electrons. The molecule has 21 heavy (non-hydrogen) atoms. The maximum atomic E-state index is 11.0. The Morgan fingerprint density at radius 3 is 2.86 bits per heavy atom. The first-order valence-corrected chi connectivity index (χ1v) is 7.03. The van der Waals surface area contributed by atoms with E-state index >= 15 is 0 Å². The van der Waals surface area contributed by atoms with Gasteiger partial charge in [0.1, 0.15) is 0 Å². The molecule has 2 rings (SSSR count). The lowest BCUT2D eigenvalue weighted by atomic mass is 10.2. The molecule has 0 fully saturated rings. The predicted molar refractivity (Wildman–Crippen MR) is 81.1 cm³/mol. The number of aromatic carboxylic acids is 1. The molecule has 1 N–H and O–H groups in total. The SMILES string of the molecule is COc1cc(C(=O)O)cc(Br)c1OCCc1cccnc1. The van der Waals surface area contributed by atoms with Crippen molar-refractivity contribution in [3.8, 4) is 11.5 Å². The molecule has 0 atom stereocenters. The van der Waals surface area contributed by atoms with Crippen LogP contribution >= 0.6 is 15.9 Å². The fourth-order valence-corrected chi connectivity index (χ4v) is 2.36. The second-order valence-corrected chi connectivity index (χ2v) is 5.11. The Bertz CT molecular complexity index is 631. The zero-order chi connectivity index (χ0) is 15.2. The maximum absolute atomic E-state index is 11.0. The number of hydrogen-bond acceptors (Lipinski definition) is 4. The van der Waals surface area contributed by atoms with Gasteiger partial charge in [-0.05, 0) is 39.7 Å². The molecule has 6 heteroatoms. The topological polar surface area (TPSA) is 68.7 Å². The molecule has 0 spiro atoms. The lowest BCUT2D eigenvalue weighted by Gasteiger charge is -2.13. The molecule has 0 aliphatic heterocycles. The number of aromatic nitrogens is 1. The molecule has 0 saturated heterocycles. The largest absolute Gasteiger partial charge is 0.493 e. The van der Waals surface area contributed by atoms with Crippen LogP contribution in [0.15, 0.2) is 41.1 Å². The lowest BCUT2D eigenvalue weighted by Crippen LogP contribution is -2.05. The van der Waals surface area contributed by atoms with Crippen molar-refractivity contribution in [2.45, 2.75) is 6.42 Å². The van der Waals surface area contributed by atoms with E-state index in [1.54, 1.807) is 12.4 Å². The molecule has 1 heterocycles. The monoisotopic (exact) mass is 351 g/mol. The van der Waals surface area contributed by atoms with E-state index in [1.807, 2.05) is 12.1 Å². The van der Waals surface area contributed by atoms with Crippen molar-refractivity contribution in [2.75, 3.05) is 13.7 Å². The van der Waals surface area contributed by atoms with Gasteiger partial charge in [-0.3, -0.25) is 4.98 Å². The van der Waals surface area contributed by atoms with Crippen molar-refractivity contribution in [3.63, 3.8) is 0 Å². The summed E-state index contributed by atoms with van der Waals surface area (Å²) >= 11 is 3.31. The number of carboxylic acids is 1. The molecule has 0 aliphatic rings. The minimum absolute atomic E-state index is 0.137. The van der Waals surface area contributed by atoms with Crippen molar-refractivity contribution >= 4 is 21.9 Å². The van der Waals surface area contributed by atoms with Crippen molar-refractivity contribution in [1.82, 2.24) is 4.98 Å². The van der Waals surface area contributed by atoms with Gasteiger partial charge < -0.3 is 14.6 Å². The van der Waals surface area contributed by atoms with Gasteiger partial charge in [-0.2, -0.15) is 0 Å². The van der Waals surface area contributed by atoms with Crippen molar-refractivity contribution in [2.24, 2.45) is 0 Å². The van der Waals surface area contributed by atoms with Crippen LogP contribution in [0.25, 0.3) is 0 Å². The van der Waals surface area contributed by atoms with Gasteiger partial charge in [0, 0.05) is 18.8 Å². The first-order valence-electron chi connectivity index (χ1n) is 6.24. The number of carboxylic acid groups (broad SMARTS) is 1. The number of ether oxygens (including phenoxy) is 2. The third kappa shape index (κ3) is 3.95. The quantitative estimate of drug-likeness (QED) is 0.865. The van der Waals surface area contributed by atoms with E-state index in [-0.39, 0.29) is 5.56 Å². The number of nitrogens with zero attached hydrogens (tertiary/aromatic N) is 1. The highest BCUT2D eigenvalue weighted by molar-refractivity contribution is 9.10. The summed E-state index contributed by atoms with van der Waals surface area (Å²) in [6.45, 7) is 0.438. The van der Waals surface area contributed by atoms with E-state index in [4.69, 9.17) is 14.6 Å². The summed E-state index contributed by atoms with van der Waals surface area (Å²) in [4.78, 5) is 15.0. The molecule has 110 valence electrons. The maximum Gasteiger partial charge on any atom is 0.335 e. The Balaban J connectivity index is 2.10. The molecule has 1 aromatic heterocycles. The van der Waals surface area contributed by atoms with Crippen LogP contribution in [0, 0.1) is 0 Å². The van der Waals surface area contributed by atoms with Crippen LogP contribution in [0.5, 0.6) is 11.5 Å². The minimum atomic E-state index is -1.02. The first-order chi connectivity index (χ1) is 10.1. The molecule has 0 amide bonds. The van der Waals surface area contributed by atoms with Gasteiger partial charge >= 0.3 is 5.97 Å². The number of hydrogen-bond donors (Lipinski definition) is 1. The second kappa shape index (κ2) is 7.08. The Morgan fingerprint density at radius 2 is 2.24 bits per heavy atom. The van der Waals surface area contributed by atoms with E-state index in [0.29, 0.717) is 29.0 Å². The highest BCUT2D eigenvalue weighted by Crippen LogP contribution is 2.36. The summed E-state index contributed by atoms with van der Waals surface area (Å²) < 4.78 is 11.4. The predicted octanol–water partition coefficient (Wildman–Crippen LogP) is 3.17. The molecule has 5 nitrogen and oxygen atoms in total. The van der Waals surface area contributed by atoms with Gasteiger partial charge in [-0.25, -0.2) is 4.79 Å². The molecule has 0 aliphatic carbocycles. The molecule has 1 aromatic carbocycles. The van der Waals surface area contributed by atoms with Gasteiger partial charge in [0.05, 0.1) is 23.8 Å². The van der Waals surface area contributed by atoms with Gasteiger partial charge in [0.15, 0.2) is 11.5 Å². The van der Waals surface area contributed by atoms with Crippen LogP contribution in [-0.2, 0) is 6.42 Å². The molecule has 2 aromatic rings. The van der Waals surface area contributed by atoms with E-state index in [9.17, 15) is 4.79 Å². The molecule has 0 bridgehead atoms.